The average molecular weight is 203 g/mol. The lowest BCUT2D eigenvalue weighted by Crippen LogP contribution is -1.82. The van der Waals surface area contributed by atoms with Gasteiger partial charge in [-0.25, -0.2) is 0 Å². The maximum absolute atomic E-state index is 10.5. The maximum atomic E-state index is 10.5. The van der Waals surface area contributed by atoms with Gasteiger partial charge in [0.25, 0.3) is 0 Å². The Morgan fingerprint density at radius 2 is 1.60 bits per heavy atom. The molecule has 0 aliphatic carbocycles. The zero-order valence-electron chi connectivity index (χ0n) is 8.06. The number of nitrogens with zero attached hydrogens (tertiary/aromatic N) is 1. The topological polar surface area (TPSA) is 69.9 Å². The molecule has 4 heteroatoms. The molecule has 0 atom stereocenters. The van der Waals surface area contributed by atoms with Gasteiger partial charge in [-0.05, 0) is 12.1 Å². The van der Waals surface area contributed by atoms with E-state index in [2.05, 4.69) is 5.18 Å². The zero-order chi connectivity index (χ0) is 11.0. The lowest BCUT2D eigenvalue weighted by molar-refractivity contribution is 0.467. The number of rotatable bonds is 1. The number of fused-ring (bicyclic) bond motifs is 1. The number of nitroso groups, excluding NO2 is 1. The quantitative estimate of drug-likeness (QED) is 0.553. The van der Waals surface area contributed by atoms with Crippen molar-refractivity contribution < 1.29 is 10.2 Å². The Hall–Kier alpha value is -2.10. The molecule has 2 N–H and O–H groups in total. The second-order valence-corrected chi connectivity index (χ2v) is 3.31. The monoisotopic (exact) mass is 203 g/mol. The molecule has 2 aromatic carbocycles. The van der Waals surface area contributed by atoms with Gasteiger partial charge >= 0.3 is 0 Å². The van der Waals surface area contributed by atoms with Crippen molar-refractivity contribution in [3.05, 3.63) is 34.7 Å². The van der Waals surface area contributed by atoms with Crippen LogP contribution in [0, 0.1) is 11.8 Å². The Morgan fingerprint density at radius 3 is 2.13 bits per heavy atom. The number of phenols is 2. The molecular formula is C11H9NO3. The summed E-state index contributed by atoms with van der Waals surface area (Å²) in [5.41, 5.74) is 0.187. The highest BCUT2D eigenvalue weighted by Crippen LogP contribution is 2.43. The first kappa shape index (κ1) is 9.45. The van der Waals surface area contributed by atoms with Crippen LogP contribution in [-0.4, -0.2) is 10.2 Å². The third-order valence-electron chi connectivity index (χ3n) is 2.46. The lowest BCUT2D eigenvalue weighted by atomic mass is 10.0. The Bertz CT molecular complexity index is 549. The van der Waals surface area contributed by atoms with E-state index in [4.69, 9.17) is 0 Å². The van der Waals surface area contributed by atoms with Crippen LogP contribution in [0.2, 0.25) is 0 Å². The molecule has 0 fully saturated rings. The summed E-state index contributed by atoms with van der Waals surface area (Å²) in [6, 6.07) is 6.75. The van der Waals surface area contributed by atoms with Gasteiger partial charge in [0, 0.05) is 16.3 Å². The molecule has 0 aliphatic rings. The highest BCUT2D eigenvalue weighted by molar-refractivity contribution is 5.98. The van der Waals surface area contributed by atoms with Crippen molar-refractivity contribution in [2.45, 2.75) is 6.92 Å². The van der Waals surface area contributed by atoms with Crippen molar-refractivity contribution in [1.29, 1.82) is 0 Å². The summed E-state index contributed by atoms with van der Waals surface area (Å²) in [6.45, 7) is 1.54. The van der Waals surface area contributed by atoms with E-state index in [1.165, 1.54) is 6.92 Å². The minimum atomic E-state index is -0.184. The Morgan fingerprint density at radius 1 is 1.07 bits per heavy atom. The number of hydrogen-bond donors (Lipinski definition) is 2. The van der Waals surface area contributed by atoms with Gasteiger partial charge in [-0.3, -0.25) is 0 Å². The van der Waals surface area contributed by atoms with Gasteiger partial charge in [0.15, 0.2) is 11.4 Å². The summed E-state index contributed by atoms with van der Waals surface area (Å²) in [4.78, 5) is 10.5. The first-order valence-corrected chi connectivity index (χ1v) is 4.43. The van der Waals surface area contributed by atoms with Crippen LogP contribution in [0.25, 0.3) is 10.8 Å². The van der Waals surface area contributed by atoms with Gasteiger partial charge in [-0.2, -0.15) is 0 Å². The molecule has 0 aromatic heterocycles. The molecule has 2 rings (SSSR count). The summed E-state index contributed by atoms with van der Waals surface area (Å²) in [5, 5.41) is 23.2. The summed E-state index contributed by atoms with van der Waals surface area (Å²) >= 11 is 0. The highest BCUT2D eigenvalue weighted by atomic mass is 16.3. The standard InChI is InChI=1S/C11H9NO3/c1-6-9(12-15)11(14)8-5-3-2-4-7(8)10(6)13/h2-5,13-14H,1H3. The lowest BCUT2D eigenvalue weighted by Gasteiger charge is -2.08. The predicted octanol–water partition coefficient (Wildman–Crippen LogP) is 2.96. The van der Waals surface area contributed by atoms with Gasteiger partial charge in [-0.15, -0.1) is 4.91 Å². The molecule has 0 radical (unpaired) electrons. The molecule has 0 saturated heterocycles. The van der Waals surface area contributed by atoms with Gasteiger partial charge in [0.05, 0.1) is 0 Å². The third kappa shape index (κ3) is 1.22. The number of hydrogen-bond acceptors (Lipinski definition) is 4. The molecule has 0 heterocycles. The second kappa shape index (κ2) is 3.24. The average Bonchev–Trinajstić information content (AvgIpc) is 2.27. The van der Waals surface area contributed by atoms with Crippen molar-refractivity contribution in [3.63, 3.8) is 0 Å². The largest absolute Gasteiger partial charge is 0.507 e. The first-order valence-electron chi connectivity index (χ1n) is 4.43. The van der Waals surface area contributed by atoms with E-state index in [1.54, 1.807) is 24.3 Å². The fourth-order valence-electron chi connectivity index (χ4n) is 1.63. The van der Waals surface area contributed by atoms with Gasteiger partial charge in [-0.1, -0.05) is 24.3 Å². The molecule has 15 heavy (non-hydrogen) atoms. The van der Waals surface area contributed by atoms with Crippen molar-refractivity contribution >= 4 is 16.5 Å². The number of phenolic OH excluding ortho intramolecular Hbond substituents is 2. The SMILES string of the molecule is Cc1c(N=O)c(O)c2ccccc2c1O. The second-order valence-electron chi connectivity index (χ2n) is 3.31. The summed E-state index contributed by atoms with van der Waals surface area (Å²) < 4.78 is 0. The summed E-state index contributed by atoms with van der Waals surface area (Å²) in [6.07, 6.45) is 0. The van der Waals surface area contributed by atoms with Crippen LogP contribution in [0.3, 0.4) is 0 Å². The van der Waals surface area contributed by atoms with Crippen LogP contribution in [0.5, 0.6) is 11.5 Å². The zero-order valence-corrected chi connectivity index (χ0v) is 8.06. The molecule has 0 amide bonds. The van der Waals surface area contributed by atoms with E-state index in [-0.39, 0.29) is 17.2 Å². The molecular weight excluding hydrogens is 194 g/mol. The van der Waals surface area contributed by atoms with E-state index < -0.39 is 0 Å². The molecule has 0 unspecified atom stereocenters. The van der Waals surface area contributed by atoms with Crippen LogP contribution in [0.15, 0.2) is 29.4 Å². The van der Waals surface area contributed by atoms with Crippen molar-refractivity contribution in [2.24, 2.45) is 5.18 Å². The summed E-state index contributed by atoms with van der Waals surface area (Å²) in [5.74, 6) is -0.200. The maximum Gasteiger partial charge on any atom is 0.156 e. The minimum Gasteiger partial charge on any atom is -0.507 e. The van der Waals surface area contributed by atoms with Gasteiger partial charge in [0.1, 0.15) is 5.75 Å². The molecule has 2 aromatic rings. The number of benzene rings is 2. The fourth-order valence-corrected chi connectivity index (χ4v) is 1.63. The molecule has 76 valence electrons. The van der Waals surface area contributed by atoms with Crippen LogP contribution in [0.4, 0.5) is 5.69 Å². The molecule has 0 spiro atoms. The smallest absolute Gasteiger partial charge is 0.156 e. The fraction of sp³-hybridized carbons (Fsp3) is 0.0909. The Kier molecular flexibility index (Phi) is 2.04. The van der Waals surface area contributed by atoms with Crippen molar-refractivity contribution in [1.82, 2.24) is 0 Å². The predicted molar refractivity (Wildman–Crippen MR) is 57.5 cm³/mol. The van der Waals surface area contributed by atoms with Crippen LogP contribution in [-0.2, 0) is 0 Å². The van der Waals surface area contributed by atoms with E-state index >= 15 is 0 Å². The van der Waals surface area contributed by atoms with E-state index in [0.717, 1.165) is 0 Å². The highest BCUT2D eigenvalue weighted by Gasteiger charge is 2.15. The van der Waals surface area contributed by atoms with E-state index in [0.29, 0.717) is 16.3 Å². The van der Waals surface area contributed by atoms with E-state index in [9.17, 15) is 15.1 Å². The minimum absolute atomic E-state index is 0.0157. The Labute approximate surface area is 85.8 Å². The molecule has 0 saturated carbocycles. The molecule has 0 aliphatic heterocycles. The Balaban J connectivity index is 3.02. The third-order valence-corrected chi connectivity index (χ3v) is 2.46. The normalized spacial score (nSPS) is 10.5. The molecule has 0 bridgehead atoms. The van der Waals surface area contributed by atoms with Gasteiger partial charge in [0.2, 0.25) is 0 Å². The van der Waals surface area contributed by atoms with Crippen LogP contribution in [0.1, 0.15) is 5.56 Å². The van der Waals surface area contributed by atoms with Crippen LogP contribution < -0.4 is 0 Å². The van der Waals surface area contributed by atoms with E-state index in [1.807, 2.05) is 0 Å². The first-order chi connectivity index (χ1) is 7.16. The van der Waals surface area contributed by atoms with Crippen molar-refractivity contribution in [2.75, 3.05) is 0 Å². The van der Waals surface area contributed by atoms with Crippen molar-refractivity contribution in [3.8, 4) is 11.5 Å². The summed E-state index contributed by atoms with van der Waals surface area (Å²) in [7, 11) is 0. The molecule has 4 nitrogen and oxygen atoms in total. The van der Waals surface area contributed by atoms with Gasteiger partial charge < -0.3 is 10.2 Å². The van der Waals surface area contributed by atoms with Crippen LogP contribution >= 0.6 is 0 Å². The number of aromatic hydroxyl groups is 2.